The van der Waals surface area contributed by atoms with Crippen molar-refractivity contribution in [2.45, 2.75) is 154 Å². The van der Waals surface area contributed by atoms with E-state index < -0.39 is 73.8 Å². The normalized spacial score (nSPS) is 53.5. The van der Waals surface area contributed by atoms with E-state index in [1.807, 2.05) is 0 Å². The van der Waals surface area contributed by atoms with Crippen molar-refractivity contribution in [2.75, 3.05) is 13.2 Å². The maximum Gasteiger partial charge on any atom is 0.311 e. The third-order valence-corrected chi connectivity index (χ3v) is 16.5. The Hall–Kier alpha value is -1.45. The van der Waals surface area contributed by atoms with Gasteiger partial charge in [0, 0.05) is 5.92 Å². The van der Waals surface area contributed by atoms with Crippen LogP contribution in [0.4, 0.5) is 0 Å². The number of aliphatic hydroxyl groups is 7. The van der Waals surface area contributed by atoms with Gasteiger partial charge in [-0.1, -0.05) is 65.3 Å². The Morgan fingerprint density at radius 3 is 2.11 bits per heavy atom. The number of hydrogen-bond acceptors (Lipinski definition) is 12. The first kappa shape index (κ1) is 39.8. The van der Waals surface area contributed by atoms with Gasteiger partial charge in [0.25, 0.3) is 0 Å². The molecule has 2 heterocycles. The summed E-state index contributed by atoms with van der Waals surface area (Å²) in [7, 11) is 0. The lowest BCUT2D eigenvalue weighted by Gasteiger charge is -2.70. The predicted molar refractivity (Wildman–Crippen MR) is 191 cm³/mol. The van der Waals surface area contributed by atoms with Crippen LogP contribution in [0.1, 0.15) is 92.9 Å². The second kappa shape index (κ2) is 13.9. The van der Waals surface area contributed by atoms with Crippen molar-refractivity contribution in [1.82, 2.24) is 0 Å². The van der Waals surface area contributed by atoms with Crippen LogP contribution in [0, 0.1) is 57.2 Å². The zero-order valence-corrected chi connectivity index (χ0v) is 32.3. The number of hydrogen-bond donors (Lipinski definition) is 7. The van der Waals surface area contributed by atoms with E-state index >= 15 is 0 Å². The molecular weight excluding hydrogens is 684 g/mol. The summed E-state index contributed by atoms with van der Waals surface area (Å²) in [6, 6.07) is 0. The SMILES string of the molecule is C=C1[C@H]2C3=CC[C@@H]4[C@@]5(C)CC[C@H](O[C@H]6O[C@H](CO)[C@@H](O)[C@@H]6O)C(C)(C)[C@@H]5CC[C@@]4(C)[C@]3(C)CC[C@H]2[C@H](C(=O)O[C@@H]2O[C@H](CO)[C@@H](O)[C@H](O)[C@H]2O)C[C@H]1C. The molecule has 19 atom stereocenters. The molecule has 2 saturated heterocycles. The zero-order chi connectivity index (χ0) is 38.6. The number of aliphatic hydroxyl groups excluding tert-OH is 7. The third kappa shape index (κ3) is 5.86. The number of esters is 1. The van der Waals surface area contributed by atoms with Crippen molar-refractivity contribution in [2.24, 2.45) is 57.2 Å². The van der Waals surface area contributed by atoms with E-state index in [1.54, 1.807) is 0 Å². The van der Waals surface area contributed by atoms with E-state index in [1.165, 1.54) is 5.57 Å². The molecular formula is C41H64O12. The molecule has 12 nitrogen and oxygen atoms in total. The Morgan fingerprint density at radius 1 is 0.830 bits per heavy atom. The minimum atomic E-state index is -1.65. The summed E-state index contributed by atoms with van der Waals surface area (Å²) in [5.41, 5.74) is 2.20. The van der Waals surface area contributed by atoms with E-state index in [-0.39, 0.29) is 52.1 Å². The van der Waals surface area contributed by atoms with Gasteiger partial charge in [0.2, 0.25) is 6.29 Å². The largest absolute Gasteiger partial charge is 0.432 e. The highest BCUT2D eigenvalue weighted by atomic mass is 16.7. The van der Waals surface area contributed by atoms with Crippen molar-refractivity contribution in [3.63, 3.8) is 0 Å². The second-order valence-electron chi connectivity index (χ2n) is 19.1. The van der Waals surface area contributed by atoms with E-state index in [9.17, 15) is 40.5 Å². The molecule has 0 spiro atoms. The van der Waals surface area contributed by atoms with Gasteiger partial charge in [-0.2, -0.15) is 0 Å². The number of allylic oxidation sites excluding steroid dienone is 3. The molecule has 0 aromatic rings. The molecule has 0 amide bonds. The average molecular weight is 749 g/mol. The van der Waals surface area contributed by atoms with Crippen molar-refractivity contribution in [1.29, 1.82) is 0 Å². The minimum Gasteiger partial charge on any atom is -0.432 e. The molecule has 4 saturated carbocycles. The molecule has 12 heteroatoms. The molecule has 7 aliphatic rings. The maximum absolute atomic E-state index is 14.0. The Balaban J connectivity index is 1.12. The topological polar surface area (TPSA) is 196 Å². The summed E-state index contributed by atoms with van der Waals surface area (Å²) in [5.74, 6) is -0.184. The van der Waals surface area contributed by atoms with Crippen molar-refractivity contribution in [3.05, 3.63) is 23.8 Å². The molecule has 0 radical (unpaired) electrons. The molecule has 0 unspecified atom stereocenters. The molecule has 5 aliphatic carbocycles. The maximum atomic E-state index is 14.0. The van der Waals surface area contributed by atoms with Crippen LogP contribution in [-0.2, 0) is 23.7 Å². The molecule has 6 fully saturated rings. The number of ether oxygens (including phenoxy) is 4. The van der Waals surface area contributed by atoms with Crippen molar-refractivity contribution >= 4 is 5.97 Å². The van der Waals surface area contributed by atoms with Crippen LogP contribution in [-0.4, -0.2) is 116 Å². The summed E-state index contributed by atoms with van der Waals surface area (Å²) in [4.78, 5) is 14.0. The monoisotopic (exact) mass is 748 g/mol. The first-order chi connectivity index (χ1) is 24.8. The second-order valence-corrected chi connectivity index (χ2v) is 19.1. The highest BCUT2D eigenvalue weighted by Crippen LogP contribution is 2.75. The summed E-state index contributed by atoms with van der Waals surface area (Å²) in [5, 5.41) is 71.5. The molecule has 2 aliphatic heterocycles. The van der Waals surface area contributed by atoms with Crippen LogP contribution in [0.3, 0.4) is 0 Å². The fraction of sp³-hybridized carbons (Fsp3) is 0.878. The summed E-state index contributed by atoms with van der Waals surface area (Å²) < 4.78 is 23.5. The van der Waals surface area contributed by atoms with Crippen molar-refractivity contribution in [3.8, 4) is 0 Å². The fourth-order valence-electron chi connectivity index (χ4n) is 13.2. The highest BCUT2D eigenvalue weighted by Gasteiger charge is 2.68. The highest BCUT2D eigenvalue weighted by molar-refractivity contribution is 5.74. The molecule has 7 rings (SSSR count). The Kier molecular flexibility index (Phi) is 10.4. The van der Waals surface area contributed by atoms with Gasteiger partial charge < -0.3 is 54.7 Å². The zero-order valence-electron chi connectivity index (χ0n) is 32.3. The standard InChI is InChI=1S/C41H64O12/c1-19-16-22(35(49)53-37-34(48)32(46)30(44)24(17-42)51-37)21-10-14-40(6)23(29(21)20(19)2)8-9-27-39(5)13-12-28(38(3,4)26(39)11-15-41(27,40)7)52-36-33(47)31(45)25(18-43)50-36/h8,19,21-22,24-34,36-37,42-48H,2,9-18H2,1,3-7H3/t19-,21+,22-,24-,25-,26+,27-,28+,29-,30-,31-,32+,33+,34-,36-,37+,39+,40-,41-/m1/s1. The van der Waals surface area contributed by atoms with Gasteiger partial charge in [0.15, 0.2) is 6.29 Å². The lowest BCUT2D eigenvalue weighted by Crippen LogP contribution is -2.64. The van der Waals surface area contributed by atoms with Gasteiger partial charge in [0.05, 0.1) is 25.2 Å². The quantitative estimate of drug-likeness (QED) is 0.155. The molecule has 0 aromatic carbocycles. The van der Waals surface area contributed by atoms with Crippen LogP contribution < -0.4 is 0 Å². The van der Waals surface area contributed by atoms with Crippen LogP contribution in [0.2, 0.25) is 0 Å². The van der Waals surface area contributed by atoms with E-state index in [2.05, 4.69) is 54.2 Å². The van der Waals surface area contributed by atoms with Crippen LogP contribution >= 0.6 is 0 Å². The summed E-state index contributed by atoms with van der Waals surface area (Å²) in [6.45, 7) is 17.7. The van der Waals surface area contributed by atoms with Crippen LogP contribution in [0.25, 0.3) is 0 Å². The van der Waals surface area contributed by atoms with Gasteiger partial charge in [-0.05, 0) is 96.7 Å². The minimum absolute atomic E-state index is 0.00432. The van der Waals surface area contributed by atoms with Crippen LogP contribution in [0.5, 0.6) is 0 Å². The number of carbonyl (C=O) groups excluding carboxylic acids is 1. The smallest absolute Gasteiger partial charge is 0.311 e. The van der Waals surface area contributed by atoms with Gasteiger partial charge in [0.1, 0.15) is 42.7 Å². The van der Waals surface area contributed by atoms with Gasteiger partial charge >= 0.3 is 5.97 Å². The first-order valence-corrected chi connectivity index (χ1v) is 20.0. The van der Waals surface area contributed by atoms with E-state index in [4.69, 9.17) is 18.9 Å². The van der Waals surface area contributed by atoms with E-state index in [0.29, 0.717) is 18.3 Å². The molecule has 0 aromatic heterocycles. The summed E-state index contributed by atoms with van der Waals surface area (Å²) >= 11 is 0. The van der Waals surface area contributed by atoms with Crippen molar-refractivity contribution < 1.29 is 59.5 Å². The number of carbonyl (C=O) groups is 1. The molecule has 7 N–H and O–H groups in total. The lowest BCUT2D eigenvalue weighted by molar-refractivity contribution is -0.294. The first-order valence-electron chi connectivity index (χ1n) is 20.0. The summed E-state index contributed by atoms with van der Waals surface area (Å²) in [6.07, 6.45) is -2.39. The van der Waals surface area contributed by atoms with Gasteiger partial charge in [-0.25, -0.2) is 0 Å². The number of rotatable bonds is 6. The van der Waals surface area contributed by atoms with E-state index in [0.717, 1.165) is 50.5 Å². The molecule has 300 valence electrons. The number of fused-ring (bicyclic) bond motifs is 7. The average Bonchev–Trinajstić information content (AvgIpc) is 3.39. The van der Waals surface area contributed by atoms with Gasteiger partial charge in [-0.3, -0.25) is 4.79 Å². The van der Waals surface area contributed by atoms with Crippen LogP contribution in [0.15, 0.2) is 23.8 Å². The Morgan fingerprint density at radius 2 is 1.45 bits per heavy atom. The Labute approximate surface area is 313 Å². The predicted octanol–water partition coefficient (Wildman–Crippen LogP) is 2.59. The molecule has 0 bridgehead atoms. The third-order valence-electron chi connectivity index (χ3n) is 16.5. The Bertz CT molecular complexity index is 1450. The molecule has 53 heavy (non-hydrogen) atoms. The fourth-order valence-corrected chi connectivity index (χ4v) is 13.2. The lowest BCUT2D eigenvalue weighted by atomic mass is 9.34. The van der Waals surface area contributed by atoms with Gasteiger partial charge in [-0.15, -0.1) is 0 Å².